The van der Waals surface area contributed by atoms with E-state index in [1.807, 2.05) is 0 Å². The van der Waals surface area contributed by atoms with E-state index >= 15 is 0 Å². The molecule has 1 aliphatic heterocycles. The van der Waals surface area contributed by atoms with Gasteiger partial charge < -0.3 is 14.8 Å². The van der Waals surface area contributed by atoms with Crippen molar-refractivity contribution >= 4 is 38.9 Å². The van der Waals surface area contributed by atoms with Gasteiger partial charge in [0.2, 0.25) is 22.7 Å². The van der Waals surface area contributed by atoms with Crippen molar-refractivity contribution in [2.24, 2.45) is 0 Å². The quantitative estimate of drug-likeness (QED) is 0.840. The largest absolute Gasteiger partial charge is 0.454 e. The second kappa shape index (κ2) is 7.05. The first kappa shape index (κ1) is 18.3. The van der Waals surface area contributed by atoms with Crippen LogP contribution in [0.2, 0.25) is 5.02 Å². The maximum absolute atomic E-state index is 12.4. The van der Waals surface area contributed by atoms with Gasteiger partial charge in [0.15, 0.2) is 11.5 Å². The van der Waals surface area contributed by atoms with Crippen LogP contribution in [0.5, 0.6) is 11.5 Å². The van der Waals surface area contributed by atoms with E-state index in [2.05, 4.69) is 5.32 Å². The number of ether oxygens (including phenoxy) is 2. The maximum Gasteiger partial charge on any atom is 0.245 e. The van der Waals surface area contributed by atoms with E-state index in [4.69, 9.17) is 21.1 Å². The summed E-state index contributed by atoms with van der Waals surface area (Å²) in [6.45, 7) is 1.50. The summed E-state index contributed by atoms with van der Waals surface area (Å²) in [5.74, 6) is 0.623. The first-order valence-corrected chi connectivity index (χ1v) is 9.90. The van der Waals surface area contributed by atoms with Crippen molar-refractivity contribution in [3.63, 3.8) is 0 Å². The molecule has 0 saturated carbocycles. The van der Waals surface area contributed by atoms with Gasteiger partial charge in [0, 0.05) is 16.8 Å². The summed E-state index contributed by atoms with van der Waals surface area (Å²) < 4.78 is 35.9. The fourth-order valence-corrected chi connectivity index (χ4v) is 3.61. The number of aryl methyl sites for hydroxylation is 1. The van der Waals surface area contributed by atoms with Crippen LogP contribution in [0.1, 0.15) is 5.56 Å². The lowest BCUT2D eigenvalue weighted by atomic mass is 10.2. The molecule has 1 heterocycles. The van der Waals surface area contributed by atoms with E-state index in [1.54, 1.807) is 37.3 Å². The second-order valence-corrected chi connectivity index (χ2v) is 8.16. The van der Waals surface area contributed by atoms with E-state index < -0.39 is 15.9 Å². The molecule has 2 aromatic carbocycles. The summed E-state index contributed by atoms with van der Waals surface area (Å²) in [5.41, 5.74) is 1.53. The van der Waals surface area contributed by atoms with Crippen molar-refractivity contribution in [3.05, 3.63) is 47.0 Å². The van der Waals surface area contributed by atoms with Gasteiger partial charge in [-0.3, -0.25) is 9.10 Å². The van der Waals surface area contributed by atoms with Crippen LogP contribution in [-0.2, 0) is 14.8 Å². The first-order chi connectivity index (χ1) is 12.2. The Balaban J connectivity index is 1.81. The normalized spacial score (nSPS) is 12.7. The number of carbonyl (C=O) groups is 1. The molecule has 1 aliphatic rings. The van der Waals surface area contributed by atoms with Gasteiger partial charge >= 0.3 is 0 Å². The molecular formula is C17H17ClN2O5S. The number of carbonyl (C=O) groups excluding carboxylic acids is 1. The highest BCUT2D eigenvalue weighted by molar-refractivity contribution is 7.92. The number of amides is 1. The molecule has 0 atom stereocenters. The van der Waals surface area contributed by atoms with Crippen LogP contribution in [0.15, 0.2) is 36.4 Å². The number of halogens is 1. The van der Waals surface area contributed by atoms with Crippen molar-refractivity contribution < 1.29 is 22.7 Å². The molecule has 9 heteroatoms. The van der Waals surface area contributed by atoms with Gasteiger partial charge in [0.05, 0.1) is 11.9 Å². The Bertz CT molecular complexity index is 962. The molecule has 7 nitrogen and oxygen atoms in total. The molecule has 0 radical (unpaired) electrons. The number of hydrogen-bond acceptors (Lipinski definition) is 5. The Morgan fingerprint density at radius 3 is 2.65 bits per heavy atom. The third kappa shape index (κ3) is 4.03. The molecule has 0 aromatic heterocycles. The first-order valence-electron chi connectivity index (χ1n) is 7.67. The van der Waals surface area contributed by atoms with Crippen LogP contribution in [-0.4, -0.2) is 33.9 Å². The summed E-state index contributed by atoms with van der Waals surface area (Å²) in [7, 11) is -3.68. The SMILES string of the molecule is Cc1ccc(Cl)cc1N(CC(=O)Nc1ccc2c(c1)OCO2)S(C)(=O)=O. The van der Waals surface area contributed by atoms with Gasteiger partial charge in [0.1, 0.15) is 6.54 Å². The number of benzene rings is 2. The molecule has 3 rings (SSSR count). The van der Waals surface area contributed by atoms with E-state index in [-0.39, 0.29) is 13.3 Å². The zero-order valence-electron chi connectivity index (χ0n) is 14.2. The van der Waals surface area contributed by atoms with Crippen LogP contribution in [0.4, 0.5) is 11.4 Å². The second-order valence-electron chi connectivity index (χ2n) is 5.82. The predicted molar refractivity (Wildman–Crippen MR) is 99.6 cm³/mol. The highest BCUT2D eigenvalue weighted by Gasteiger charge is 2.23. The number of nitrogens with zero attached hydrogens (tertiary/aromatic N) is 1. The minimum absolute atomic E-state index is 0.128. The molecular weight excluding hydrogens is 380 g/mol. The van der Waals surface area contributed by atoms with Gasteiger partial charge in [-0.25, -0.2) is 8.42 Å². The smallest absolute Gasteiger partial charge is 0.245 e. The van der Waals surface area contributed by atoms with Crippen LogP contribution in [0.25, 0.3) is 0 Å². The zero-order valence-corrected chi connectivity index (χ0v) is 15.7. The monoisotopic (exact) mass is 396 g/mol. The number of hydrogen-bond donors (Lipinski definition) is 1. The molecule has 0 fully saturated rings. The Labute approximate surface area is 156 Å². The Hall–Kier alpha value is -2.45. The van der Waals surface area contributed by atoms with E-state index in [1.165, 1.54) is 6.07 Å². The molecule has 0 bridgehead atoms. The van der Waals surface area contributed by atoms with E-state index in [9.17, 15) is 13.2 Å². The Kier molecular flexibility index (Phi) is 4.97. The molecule has 0 unspecified atom stereocenters. The fraction of sp³-hybridized carbons (Fsp3) is 0.235. The molecule has 26 heavy (non-hydrogen) atoms. The number of sulfonamides is 1. The maximum atomic E-state index is 12.4. The minimum Gasteiger partial charge on any atom is -0.454 e. The molecule has 2 aromatic rings. The molecule has 0 aliphatic carbocycles. The molecule has 1 amide bonds. The zero-order chi connectivity index (χ0) is 18.9. The fourth-order valence-electron chi connectivity index (χ4n) is 2.54. The number of nitrogens with one attached hydrogen (secondary N) is 1. The van der Waals surface area contributed by atoms with E-state index in [0.29, 0.717) is 33.5 Å². The van der Waals surface area contributed by atoms with Crippen LogP contribution < -0.4 is 19.1 Å². The van der Waals surface area contributed by atoms with E-state index in [0.717, 1.165) is 10.6 Å². The summed E-state index contributed by atoms with van der Waals surface area (Å²) in [5, 5.41) is 3.05. The van der Waals surface area contributed by atoms with Crippen LogP contribution in [0, 0.1) is 6.92 Å². The topological polar surface area (TPSA) is 84.9 Å². The summed E-state index contributed by atoms with van der Waals surface area (Å²) in [4.78, 5) is 12.4. The van der Waals surface area contributed by atoms with Gasteiger partial charge in [-0.2, -0.15) is 0 Å². The highest BCUT2D eigenvalue weighted by Crippen LogP contribution is 2.34. The van der Waals surface area contributed by atoms with Crippen molar-refractivity contribution in [2.75, 3.05) is 29.2 Å². The summed E-state index contributed by atoms with van der Waals surface area (Å²) in [6, 6.07) is 9.83. The molecule has 1 N–H and O–H groups in total. The average molecular weight is 397 g/mol. The predicted octanol–water partition coefficient (Wildman–Crippen LogP) is 2.78. The van der Waals surface area contributed by atoms with Crippen molar-refractivity contribution in [2.45, 2.75) is 6.92 Å². The molecule has 0 saturated heterocycles. The molecule has 0 spiro atoms. The molecule has 138 valence electrons. The summed E-state index contributed by atoms with van der Waals surface area (Å²) >= 11 is 5.98. The van der Waals surface area contributed by atoms with Crippen LogP contribution >= 0.6 is 11.6 Å². The lowest BCUT2D eigenvalue weighted by Crippen LogP contribution is -2.37. The number of anilines is 2. The number of fused-ring (bicyclic) bond motifs is 1. The minimum atomic E-state index is -3.68. The van der Waals surface area contributed by atoms with Gasteiger partial charge in [-0.05, 0) is 36.8 Å². The lowest BCUT2D eigenvalue weighted by Gasteiger charge is -2.23. The standard InChI is InChI=1S/C17H17ClN2O5S/c1-11-3-4-12(18)7-14(11)20(26(2,22)23)9-17(21)19-13-5-6-15-16(8-13)25-10-24-15/h3-8H,9-10H2,1-2H3,(H,19,21). The Morgan fingerprint density at radius 2 is 1.92 bits per heavy atom. The lowest BCUT2D eigenvalue weighted by molar-refractivity contribution is -0.114. The Morgan fingerprint density at radius 1 is 1.19 bits per heavy atom. The van der Waals surface area contributed by atoms with Crippen molar-refractivity contribution in [1.29, 1.82) is 0 Å². The van der Waals surface area contributed by atoms with Crippen molar-refractivity contribution in [1.82, 2.24) is 0 Å². The van der Waals surface area contributed by atoms with Gasteiger partial charge in [-0.1, -0.05) is 17.7 Å². The highest BCUT2D eigenvalue weighted by atomic mass is 35.5. The summed E-state index contributed by atoms with van der Waals surface area (Å²) in [6.07, 6.45) is 1.04. The third-order valence-electron chi connectivity index (χ3n) is 3.78. The third-order valence-corrected chi connectivity index (χ3v) is 5.15. The van der Waals surface area contributed by atoms with Gasteiger partial charge in [0.25, 0.3) is 0 Å². The number of rotatable bonds is 5. The van der Waals surface area contributed by atoms with Crippen molar-refractivity contribution in [3.8, 4) is 11.5 Å². The average Bonchev–Trinajstić information content (AvgIpc) is 3.02. The van der Waals surface area contributed by atoms with Gasteiger partial charge in [-0.15, -0.1) is 0 Å². The van der Waals surface area contributed by atoms with Crippen LogP contribution in [0.3, 0.4) is 0 Å².